The van der Waals surface area contributed by atoms with Crippen molar-refractivity contribution < 1.29 is 4.39 Å². The molecule has 5 heteroatoms. The molecule has 0 aliphatic rings. The van der Waals surface area contributed by atoms with Crippen molar-refractivity contribution in [1.29, 1.82) is 5.26 Å². The van der Waals surface area contributed by atoms with Crippen molar-refractivity contribution in [2.24, 2.45) is 0 Å². The fourth-order valence-electron chi connectivity index (χ4n) is 1.49. The number of anilines is 1. The van der Waals surface area contributed by atoms with Gasteiger partial charge in [0.25, 0.3) is 0 Å². The Balaban J connectivity index is 2.54. The molecule has 2 N–H and O–H groups in total. The zero-order chi connectivity index (χ0) is 12.4. The summed E-state index contributed by atoms with van der Waals surface area (Å²) in [4.78, 5) is 8.06. The molecule has 1 heterocycles. The summed E-state index contributed by atoms with van der Waals surface area (Å²) < 4.78 is 13.0. The van der Waals surface area contributed by atoms with E-state index in [1.807, 2.05) is 6.07 Å². The van der Waals surface area contributed by atoms with E-state index in [4.69, 9.17) is 11.0 Å². The Kier molecular flexibility index (Phi) is 2.71. The maximum absolute atomic E-state index is 13.0. The van der Waals surface area contributed by atoms with Gasteiger partial charge in [0.2, 0.25) is 0 Å². The second-order valence-corrected chi connectivity index (χ2v) is 3.56. The number of hydrogen-bond acceptors (Lipinski definition) is 4. The van der Waals surface area contributed by atoms with Crippen LogP contribution in [-0.4, -0.2) is 9.97 Å². The van der Waals surface area contributed by atoms with Gasteiger partial charge in [-0.15, -0.1) is 0 Å². The summed E-state index contributed by atoms with van der Waals surface area (Å²) >= 11 is 0. The van der Waals surface area contributed by atoms with Gasteiger partial charge >= 0.3 is 0 Å². The van der Waals surface area contributed by atoms with Crippen molar-refractivity contribution in [2.75, 3.05) is 5.73 Å². The van der Waals surface area contributed by atoms with Crippen LogP contribution in [0.3, 0.4) is 0 Å². The van der Waals surface area contributed by atoms with Crippen molar-refractivity contribution in [3.8, 4) is 17.5 Å². The van der Waals surface area contributed by atoms with Crippen molar-refractivity contribution >= 4 is 5.82 Å². The molecule has 17 heavy (non-hydrogen) atoms. The molecular weight excluding hydrogens is 219 g/mol. The number of nitrogen functional groups attached to an aromatic ring is 1. The maximum Gasteiger partial charge on any atom is 0.161 e. The summed E-state index contributed by atoms with van der Waals surface area (Å²) in [5.41, 5.74) is 7.25. The fourth-order valence-corrected chi connectivity index (χ4v) is 1.49. The molecule has 0 saturated heterocycles. The van der Waals surface area contributed by atoms with Gasteiger partial charge in [-0.3, -0.25) is 0 Å². The topological polar surface area (TPSA) is 75.6 Å². The van der Waals surface area contributed by atoms with Crippen LogP contribution in [0.15, 0.2) is 24.4 Å². The number of hydrogen-bond donors (Lipinski definition) is 1. The summed E-state index contributed by atoms with van der Waals surface area (Å²) in [6, 6.07) is 6.21. The number of aromatic nitrogens is 2. The monoisotopic (exact) mass is 228 g/mol. The van der Waals surface area contributed by atoms with Crippen LogP contribution in [0.25, 0.3) is 11.4 Å². The molecule has 0 radical (unpaired) electrons. The van der Waals surface area contributed by atoms with Gasteiger partial charge in [0.1, 0.15) is 23.3 Å². The van der Waals surface area contributed by atoms with E-state index >= 15 is 0 Å². The predicted octanol–water partition coefficient (Wildman–Crippen LogP) is 2.04. The van der Waals surface area contributed by atoms with Gasteiger partial charge in [0.05, 0.1) is 6.20 Å². The van der Waals surface area contributed by atoms with Gasteiger partial charge in [0, 0.05) is 5.56 Å². The van der Waals surface area contributed by atoms with Crippen LogP contribution >= 0.6 is 0 Å². The van der Waals surface area contributed by atoms with E-state index in [1.54, 1.807) is 13.0 Å². The van der Waals surface area contributed by atoms with Crippen LogP contribution in [0, 0.1) is 24.1 Å². The lowest BCUT2D eigenvalue weighted by atomic mass is 10.1. The largest absolute Gasteiger partial charge is 0.382 e. The molecule has 2 aromatic rings. The Hall–Kier alpha value is -2.48. The maximum atomic E-state index is 13.0. The second kappa shape index (κ2) is 4.18. The third kappa shape index (κ3) is 2.06. The van der Waals surface area contributed by atoms with Crippen LogP contribution < -0.4 is 5.73 Å². The quantitative estimate of drug-likeness (QED) is 0.810. The molecular formula is C12H9FN4. The Bertz CT molecular complexity index is 616. The number of rotatable bonds is 1. The molecule has 84 valence electrons. The summed E-state index contributed by atoms with van der Waals surface area (Å²) in [6.07, 6.45) is 1.36. The van der Waals surface area contributed by atoms with E-state index in [1.165, 1.54) is 18.3 Å². The average Bonchev–Trinajstić information content (AvgIpc) is 2.29. The third-order valence-corrected chi connectivity index (χ3v) is 2.37. The Morgan fingerprint density at radius 2 is 2.18 bits per heavy atom. The lowest BCUT2D eigenvalue weighted by molar-refractivity contribution is 0.627. The molecule has 0 amide bonds. The molecule has 0 aliphatic heterocycles. The first-order valence-corrected chi connectivity index (χ1v) is 4.91. The summed E-state index contributed by atoms with van der Waals surface area (Å²) in [5, 5.41) is 8.71. The van der Waals surface area contributed by atoms with Crippen molar-refractivity contribution in [3.63, 3.8) is 0 Å². The molecule has 0 unspecified atom stereocenters. The van der Waals surface area contributed by atoms with Crippen LogP contribution in [0.5, 0.6) is 0 Å². The minimum Gasteiger partial charge on any atom is -0.382 e. The van der Waals surface area contributed by atoms with Crippen LogP contribution in [0.2, 0.25) is 0 Å². The lowest BCUT2D eigenvalue weighted by Crippen LogP contribution is -2.00. The fraction of sp³-hybridized carbons (Fsp3) is 0.0833. The highest BCUT2D eigenvalue weighted by Crippen LogP contribution is 2.21. The van der Waals surface area contributed by atoms with E-state index in [-0.39, 0.29) is 17.2 Å². The number of aryl methyl sites for hydroxylation is 1. The number of halogens is 1. The highest BCUT2D eigenvalue weighted by molar-refractivity contribution is 5.62. The number of nitrogens with two attached hydrogens (primary N) is 1. The SMILES string of the molecule is Cc1cc(F)ccc1-c1ncc(C#N)c(N)n1. The zero-order valence-corrected chi connectivity index (χ0v) is 9.11. The van der Waals surface area contributed by atoms with E-state index < -0.39 is 0 Å². The zero-order valence-electron chi connectivity index (χ0n) is 9.11. The smallest absolute Gasteiger partial charge is 0.161 e. The van der Waals surface area contributed by atoms with Crippen molar-refractivity contribution in [1.82, 2.24) is 9.97 Å². The van der Waals surface area contributed by atoms with Gasteiger partial charge in [-0.05, 0) is 30.7 Å². The summed E-state index contributed by atoms with van der Waals surface area (Å²) in [5.74, 6) is 0.202. The van der Waals surface area contributed by atoms with Gasteiger partial charge < -0.3 is 5.73 Å². The van der Waals surface area contributed by atoms with E-state index in [0.29, 0.717) is 17.0 Å². The minimum absolute atomic E-state index is 0.126. The summed E-state index contributed by atoms with van der Waals surface area (Å²) in [6.45, 7) is 1.76. The average molecular weight is 228 g/mol. The Morgan fingerprint density at radius 3 is 2.76 bits per heavy atom. The predicted molar refractivity (Wildman–Crippen MR) is 61.3 cm³/mol. The Morgan fingerprint density at radius 1 is 1.41 bits per heavy atom. The molecule has 0 saturated carbocycles. The number of benzene rings is 1. The van der Waals surface area contributed by atoms with Gasteiger partial charge in [-0.2, -0.15) is 5.26 Å². The molecule has 4 nitrogen and oxygen atoms in total. The molecule has 1 aromatic carbocycles. The Labute approximate surface area is 97.6 Å². The van der Waals surface area contributed by atoms with E-state index in [0.717, 1.165) is 0 Å². The molecule has 0 bridgehead atoms. The number of nitriles is 1. The first-order chi connectivity index (χ1) is 8.11. The van der Waals surface area contributed by atoms with E-state index in [2.05, 4.69) is 9.97 Å². The van der Waals surface area contributed by atoms with Crippen molar-refractivity contribution in [3.05, 3.63) is 41.3 Å². The van der Waals surface area contributed by atoms with Crippen molar-refractivity contribution in [2.45, 2.75) is 6.92 Å². The molecule has 0 spiro atoms. The molecule has 1 aromatic heterocycles. The van der Waals surface area contributed by atoms with Gasteiger partial charge in [-0.25, -0.2) is 14.4 Å². The van der Waals surface area contributed by atoms with Crippen LogP contribution in [0.4, 0.5) is 10.2 Å². The normalized spacial score (nSPS) is 9.94. The van der Waals surface area contributed by atoms with Gasteiger partial charge in [0.15, 0.2) is 5.82 Å². The molecule has 0 atom stereocenters. The van der Waals surface area contributed by atoms with E-state index in [9.17, 15) is 4.39 Å². The molecule has 2 rings (SSSR count). The standard InChI is InChI=1S/C12H9FN4/c1-7-4-9(13)2-3-10(7)12-16-6-8(5-14)11(15)17-12/h2-4,6H,1H3,(H2,15,16,17). The van der Waals surface area contributed by atoms with Crippen LogP contribution in [0.1, 0.15) is 11.1 Å². The number of nitrogens with zero attached hydrogens (tertiary/aromatic N) is 3. The highest BCUT2D eigenvalue weighted by atomic mass is 19.1. The first-order valence-electron chi connectivity index (χ1n) is 4.91. The molecule has 0 aliphatic carbocycles. The third-order valence-electron chi connectivity index (χ3n) is 2.37. The second-order valence-electron chi connectivity index (χ2n) is 3.56. The highest BCUT2D eigenvalue weighted by Gasteiger charge is 2.08. The van der Waals surface area contributed by atoms with Gasteiger partial charge in [-0.1, -0.05) is 0 Å². The minimum atomic E-state index is -0.312. The lowest BCUT2D eigenvalue weighted by Gasteiger charge is -2.05. The first kappa shape index (κ1) is 11.0. The summed E-state index contributed by atoms with van der Waals surface area (Å²) in [7, 11) is 0. The van der Waals surface area contributed by atoms with Crippen LogP contribution in [-0.2, 0) is 0 Å². The molecule has 0 fully saturated rings.